The molecule has 0 aliphatic heterocycles. The van der Waals surface area contributed by atoms with Gasteiger partial charge in [0.15, 0.2) is 5.96 Å². The fourth-order valence-corrected chi connectivity index (χ4v) is 2.06. The van der Waals surface area contributed by atoms with Crippen LogP contribution < -0.4 is 33.2 Å². The molecule has 4 amide bonds. The highest BCUT2D eigenvalue weighted by molar-refractivity contribution is 5.93. The highest BCUT2D eigenvalue weighted by atomic mass is 16.2. The highest BCUT2D eigenvalue weighted by Gasteiger charge is 2.25. The molecule has 0 bridgehead atoms. The van der Waals surface area contributed by atoms with Crippen LogP contribution in [0.1, 0.15) is 46.5 Å². The Morgan fingerprint density at radius 2 is 1.56 bits per heavy atom. The third-order valence-corrected chi connectivity index (χ3v) is 3.61. The van der Waals surface area contributed by atoms with Crippen LogP contribution in [0.2, 0.25) is 0 Å². The van der Waals surface area contributed by atoms with E-state index in [1.54, 1.807) is 0 Å². The first kappa shape index (κ1) is 24.1. The van der Waals surface area contributed by atoms with Gasteiger partial charge in [0.05, 0.1) is 0 Å². The summed E-state index contributed by atoms with van der Waals surface area (Å²) < 4.78 is 0. The minimum atomic E-state index is -0.931. The van der Waals surface area contributed by atoms with Crippen molar-refractivity contribution < 1.29 is 19.2 Å². The maximum atomic E-state index is 12.4. The maximum absolute atomic E-state index is 12.4. The van der Waals surface area contributed by atoms with Gasteiger partial charge in [0, 0.05) is 13.0 Å². The molecule has 0 unspecified atom stereocenters. The zero-order valence-corrected chi connectivity index (χ0v) is 16.1. The molecular weight excluding hydrogens is 354 g/mol. The third-order valence-electron chi connectivity index (χ3n) is 3.61. The van der Waals surface area contributed by atoms with E-state index in [0.717, 1.165) is 0 Å². The van der Waals surface area contributed by atoms with Crippen molar-refractivity contribution >= 4 is 29.6 Å². The number of hydrogen-bond acceptors (Lipinski definition) is 5. The van der Waals surface area contributed by atoms with Crippen LogP contribution in [0.15, 0.2) is 4.99 Å². The van der Waals surface area contributed by atoms with Gasteiger partial charge in [-0.1, -0.05) is 6.92 Å². The van der Waals surface area contributed by atoms with Crippen molar-refractivity contribution in [2.45, 2.75) is 64.6 Å². The van der Waals surface area contributed by atoms with Crippen molar-refractivity contribution in [3.8, 4) is 0 Å². The minimum Gasteiger partial charge on any atom is -0.370 e. The predicted molar refractivity (Wildman–Crippen MR) is 101 cm³/mol. The number of nitrogens with two attached hydrogens (primary N) is 3. The summed E-state index contributed by atoms with van der Waals surface area (Å²) in [7, 11) is 0. The lowest BCUT2D eigenvalue weighted by atomic mass is 10.1. The van der Waals surface area contributed by atoms with E-state index in [4.69, 9.17) is 17.2 Å². The first-order valence-corrected chi connectivity index (χ1v) is 8.83. The van der Waals surface area contributed by atoms with Crippen molar-refractivity contribution in [3.05, 3.63) is 0 Å². The van der Waals surface area contributed by atoms with E-state index in [1.165, 1.54) is 13.8 Å². The summed E-state index contributed by atoms with van der Waals surface area (Å²) in [6.07, 6.45) is 1.60. The summed E-state index contributed by atoms with van der Waals surface area (Å²) in [5, 5.41) is 7.56. The fourth-order valence-electron chi connectivity index (χ4n) is 2.06. The average Bonchev–Trinajstić information content (AvgIpc) is 2.56. The van der Waals surface area contributed by atoms with Crippen LogP contribution in [0.25, 0.3) is 0 Å². The Hall–Kier alpha value is -2.85. The minimum absolute atomic E-state index is 0.0744. The molecule has 0 rings (SSSR count). The van der Waals surface area contributed by atoms with Crippen molar-refractivity contribution in [1.82, 2.24) is 16.0 Å². The largest absolute Gasteiger partial charge is 0.370 e. The molecule has 27 heavy (non-hydrogen) atoms. The Bertz CT molecular complexity index is 561. The van der Waals surface area contributed by atoms with Crippen LogP contribution in [0, 0.1) is 0 Å². The summed E-state index contributed by atoms with van der Waals surface area (Å²) >= 11 is 0. The normalized spacial score (nSPS) is 13.6. The molecule has 0 aromatic rings. The van der Waals surface area contributed by atoms with E-state index in [9.17, 15) is 19.2 Å². The van der Waals surface area contributed by atoms with E-state index in [1.807, 2.05) is 6.92 Å². The van der Waals surface area contributed by atoms with E-state index in [0.29, 0.717) is 19.3 Å². The Morgan fingerprint density at radius 1 is 0.926 bits per heavy atom. The summed E-state index contributed by atoms with van der Waals surface area (Å²) in [4.78, 5) is 51.2. The zero-order chi connectivity index (χ0) is 21.0. The molecule has 9 N–H and O–H groups in total. The second-order valence-corrected chi connectivity index (χ2v) is 6.18. The molecule has 0 aromatic carbocycles. The highest BCUT2D eigenvalue weighted by Crippen LogP contribution is 2.01. The van der Waals surface area contributed by atoms with Gasteiger partial charge in [0.1, 0.15) is 18.1 Å². The van der Waals surface area contributed by atoms with Gasteiger partial charge in [-0.25, -0.2) is 0 Å². The summed E-state index contributed by atoms with van der Waals surface area (Å²) in [5.74, 6) is -2.11. The molecule has 3 atom stereocenters. The Morgan fingerprint density at radius 3 is 2.07 bits per heavy atom. The topological polar surface area (TPSA) is 195 Å². The molecule has 0 saturated carbocycles. The molecule has 0 spiro atoms. The molecule has 0 aromatic heterocycles. The number of rotatable bonds is 12. The van der Waals surface area contributed by atoms with Crippen molar-refractivity contribution in [3.63, 3.8) is 0 Å². The van der Waals surface area contributed by atoms with Gasteiger partial charge < -0.3 is 33.2 Å². The standard InChI is InChI=1S/C16H31N7O4/c1-4-6-12(24)21-10(3)14(26)23-11(7-5-8-20-16(18)19)15(27)22-9(2)13(17)25/h9-11H,4-8H2,1-3H3,(H2,17,25)(H,21,24)(H,22,27)(H,23,26)(H4,18,19,20)/t9-,10-,11-/m0/s1. The number of hydrogen-bond donors (Lipinski definition) is 6. The van der Waals surface area contributed by atoms with Crippen LogP contribution in [0.5, 0.6) is 0 Å². The summed E-state index contributed by atoms with van der Waals surface area (Å²) in [5.41, 5.74) is 15.6. The number of carbonyl (C=O) groups excluding carboxylic acids is 4. The van der Waals surface area contributed by atoms with Gasteiger partial charge in [-0.15, -0.1) is 0 Å². The van der Waals surface area contributed by atoms with Gasteiger partial charge >= 0.3 is 0 Å². The molecular formula is C16H31N7O4. The molecule has 0 saturated heterocycles. The second kappa shape index (κ2) is 12.5. The summed E-state index contributed by atoms with van der Waals surface area (Å²) in [6.45, 7) is 5.08. The van der Waals surface area contributed by atoms with Gasteiger partial charge in [-0.05, 0) is 33.1 Å². The lowest BCUT2D eigenvalue weighted by Crippen LogP contribution is -2.55. The molecule has 11 heteroatoms. The molecule has 154 valence electrons. The van der Waals surface area contributed by atoms with Crippen LogP contribution in [-0.4, -0.2) is 54.3 Å². The van der Waals surface area contributed by atoms with Crippen molar-refractivity contribution in [2.24, 2.45) is 22.2 Å². The van der Waals surface area contributed by atoms with E-state index in [2.05, 4.69) is 20.9 Å². The van der Waals surface area contributed by atoms with Gasteiger partial charge in [0.2, 0.25) is 23.6 Å². The molecule has 11 nitrogen and oxygen atoms in total. The molecule has 0 fully saturated rings. The molecule has 0 aliphatic rings. The number of guanidine groups is 1. The Kier molecular flexibility index (Phi) is 11.2. The van der Waals surface area contributed by atoms with Crippen LogP contribution in [-0.2, 0) is 19.2 Å². The Balaban J connectivity index is 4.91. The van der Waals surface area contributed by atoms with E-state index < -0.39 is 35.8 Å². The fraction of sp³-hybridized carbons (Fsp3) is 0.688. The number of aliphatic imine (C=N–C) groups is 1. The van der Waals surface area contributed by atoms with E-state index in [-0.39, 0.29) is 24.8 Å². The van der Waals surface area contributed by atoms with Gasteiger partial charge in [-0.2, -0.15) is 0 Å². The molecule has 0 heterocycles. The maximum Gasteiger partial charge on any atom is 0.243 e. The second-order valence-electron chi connectivity index (χ2n) is 6.18. The zero-order valence-electron chi connectivity index (χ0n) is 16.1. The third kappa shape index (κ3) is 10.7. The SMILES string of the molecule is CCCC(=O)N[C@@H](C)C(=O)N[C@@H](CCCN=C(N)N)C(=O)N[C@@H](C)C(N)=O. The first-order valence-electron chi connectivity index (χ1n) is 8.83. The summed E-state index contributed by atoms with van der Waals surface area (Å²) in [6, 6.07) is -2.64. The van der Waals surface area contributed by atoms with Crippen LogP contribution in [0.3, 0.4) is 0 Å². The predicted octanol–water partition coefficient (Wildman–Crippen LogP) is -2.18. The van der Waals surface area contributed by atoms with Gasteiger partial charge in [0.25, 0.3) is 0 Å². The lowest BCUT2D eigenvalue weighted by molar-refractivity contribution is -0.133. The average molecular weight is 385 g/mol. The van der Waals surface area contributed by atoms with E-state index >= 15 is 0 Å². The first-order chi connectivity index (χ1) is 12.6. The molecule has 0 aliphatic carbocycles. The van der Waals surface area contributed by atoms with Gasteiger partial charge in [-0.3, -0.25) is 24.2 Å². The van der Waals surface area contributed by atoms with Crippen molar-refractivity contribution in [2.75, 3.05) is 6.54 Å². The number of amides is 4. The lowest BCUT2D eigenvalue weighted by Gasteiger charge is -2.22. The Labute approximate surface area is 158 Å². The molecule has 0 radical (unpaired) electrons. The number of carbonyl (C=O) groups is 4. The number of primary amides is 1. The number of nitrogens with one attached hydrogen (secondary N) is 3. The van der Waals surface area contributed by atoms with Crippen molar-refractivity contribution in [1.29, 1.82) is 0 Å². The quantitative estimate of drug-likeness (QED) is 0.125. The van der Waals surface area contributed by atoms with Crippen LogP contribution >= 0.6 is 0 Å². The van der Waals surface area contributed by atoms with Crippen LogP contribution in [0.4, 0.5) is 0 Å². The number of nitrogens with zero attached hydrogens (tertiary/aromatic N) is 1. The smallest absolute Gasteiger partial charge is 0.243 e. The monoisotopic (exact) mass is 385 g/mol.